The maximum atomic E-state index is 13.4. The van der Waals surface area contributed by atoms with Crippen molar-refractivity contribution in [1.29, 1.82) is 0 Å². The number of rotatable bonds is 7. The minimum atomic E-state index is -0.904. The third-order valence-corrected chi connectivity index (χ3v) is 7.02. The monoisotopic (exact) mass is 641 g/mol. The molecule has 36 heavy (non-hydrogen) atoms. The molecule has 0 saturated carbocycles. The molecule has 0 saturated heterocycles. The average molecular weight is 644 g/mol. The molecule has 11 heteroatoms. The fourth-order valence-electron chi connectivity index (χ4n) is 3.31. The number of aromatic nitrogens is 2. The summed E-state index contributed by atoms with van der Waals surface area (Å²) >= 11 is 13.4. The first-order chi connectivity index (χ1) is 16.9. The lowest BCUT2D eigenvalue weighted by Crippen LogP contribution is -2.29. The van der Waals surface area contributed by atoms with E-state index in [0.29, 0.717) is 26.8 Å². The quantitative estimate of drug-likeness (QED) is 0.229. The van der Waals surface area contributed by atoms with Crippen LogP contribution in [0.4, 0.5) is 0 Å². The summed E-state index contributed by atoms with van der Waals surface area (Å²) in [6, 6.07) is 6.99. The predicted octanol–water partition coefficient (Wildman–Crippen LogP) is 6.09. The average Bonchev–Trinajstić information content (AvgIpc) is 2.82. The fraction of sp³-hybridized carbons (Fsp3) is 0.360. The number of halogens is 3. The summed E-state index contributed by atoms with van der Waals surface area (Å²) in [6.45, 7) is 9.37. The molecule has 0 radical (unpaired) electrons. The Kier molecular flexibility index (Phi) is 8.84. The van der Waals surface area contributed by atoms with Gasteiger partial charge in [0.25, 0.3) is 5.56 Å². The first kappa shape index (κ1) is 28.1. The molecule has 3 rings (SSSR count). The van der Waals surface area contributed by atoms with E-state index in [1.54, 1.807) is 32.0 Å². The van der Waals surface area contributed by atoms with E-state index in [1.165, 1.54) is 18.0 Å². The molecule has 1 heterocycles. The summed E-state index contributed by atoms with van der Waals surface area (Å²) in [5.74, 6) is 0.427. The van der Waals surface area contributed by atoms with Crippen LogP contribution in [-0.4, -0.2) is 41.7 Å². The molecule has 0 spiro atoms. The van der Waals surface area contributed by atoms with E-state index in [0.717, 1.165) is 4.47 Å². The zero-order chi connectivity index (χ0) is 26.8. The van der Waals surface area contributed by atoms with Crippen LogP contribution in [0, 0.1) is 0 Å². The molecular weight excluding hydrogens is 618 g/mol. The molecule has 0 aliphatic heterocycles. The highest BCUT2D eigenvalue weighted by molar-refractivity contribution is 9.10. The second-order valence-corrected chi connectivity index (χ2v) is 10.9. The molecule has 0 fully saturated rings. The van der Waals surface area contributed by atoms with Crippen molar-refractivity contribution in [3.05, 3.63) is 60.0 Å². The number of hydrogen-bond acceptors (Lipinski definition) is 7. The molecule has 0 N–H and O–H groups in total. The van der Waals surface area contributed by atoms with E-state index >= 15 is 0 Å². The summed E-state index contributed by atoms with van der Waals surface area (Å²) in [5.41, 5.74) is 0.335. The van der Waals surface area contributed by atoms with Crippen molar-refractivity contribution in [3.63, 3.8) is 0 Å². The van der Waals surface area contributed by atoms with Crippen LogP contribution in [0.5, 0.6) is 11.5 Å². The van der Waals surface area contributed by atoms with Gasteiger partial charge in [-0.15, -0.1) is 0 Å². The third-order valence-electron chi connectivity index (χ3n) is 5.08. The normalized spacial score (nSPS) is 12.7. The largest absolute Gasteiger partial charge is 0.493 e. The molecule has 0 amide bonds. The first-order valence-electron chi connectivity index (χ1n) is 11.1. The molecule has 1 atom stereocenters. The maximum Gasteiger partial charge on any atom is 0.347 e. The number of ether oxygens (including phenoxy) is 3. The van der Waals surface area contributed by atoms with Crippen molar-refractivity contribution in [1.82, 2.24) is 9.66 Å². The van der Waals surface area contributed by atoms with Gasteiger partial charge in [0.2, 0.25) is 0 Å². The van der Waals surface area contributed by atoms with Crippen LogP contribution in [-0.2, 0) is 14.9 Å². The zero-order valence-corrected chi connectivity index (χ0v) is 24.6. The molecule has 0 aliphatic carbocycles. The van der Waals surface area contributed by atoms with E-state index in [2.05, 4.69) is 37.0 Å². The summed E-state index contributed by atoms with van der Waals surface area (Å²) in [4.78, 5) is 30.1. The number of benzene rings is 2. The smallest absolute Gasteiger partial charge is 0.347 e. The molecular formula is C25H26Br2ClN3O5. The molecule has 8 nitrogen and oxygen atoms in total. The number of nitrogens with zero attached hydrogens (tertiary/aromatic N) is 3. The van der Waals surface area contributed by atoms with Gasteiger partial charge in [-0.2, -0.15) is 9.78 Å². The van der Waals surface area contributed by atoms with Gasteiger partial charge in [0.05, 0.1) is 30.8 Å². The van der Waals surface area contributed by atoms with Crippen LogP contribution in [0.2, 0.25) is 5.02 Å². The van der Waals surface area contributed by atoms with Crippen molar-refractivity contribution >= 4 is 66.5 Å². The van der Waals surface area contributed by atoms with Gasteiger partial charge in [0.15, 0.2) is 17.6 Å². The van der Waals surface area contributed by atoms with Gasteiger partial charge < -0.3 is 14.2 Å². The minimum absolute atomic E-state index is 0.175. The summed E-state index contributed by atoms with van der Waals surface area (Å²) in [6.07, 6.45) is 0.581. The number of hydrogen-bond donors (Lipinski definition) is 0. The van der Waals surface area contributed by atoms with Gasteiger partial charge in [0.1, 0.15) is 10.8 Å². The Bertz CT molecular complexity index is 1400. The lowest BCUT2D eigenvalue weighted by Gasteiger charge is -2.21. The minimum Gasteiger partial charge on any atom is -0.493 e. The molecule has 2 aromatic carbocycles. The van der Waals surface area contributed by atoms with Crippen LogP contribution in [0.3, 0.4) is 0 Å². The molecule has 1 aromatic heterocycles. The Morgan fingerprint density at radius 2 is 1.97 bits per heavy atom. The Morgan fingerprint density at radius 3 is 2.58 bits per heavy atom. The number of carbonyl (C=O) groups is 1. The third kappa shape index (κ3) is 5.92. The van der Waals surface area contributed by atoms with Crippen molar-refractivity contribution in [2.45, 2.75) is 46.1 Å². The van der Waals surface area contributed by atoms with Crippen LogP contribution >= 0.6 is 43.5 Å². The zero-order valence-electron chi connectivity index (χ0n) is 20.7. The number of esters is 1. The second kappa shape index (κ2) is 11.3. The van der Waals surface area contributed by atoms with E-state index in [-0.39, 0.29) is 28.7 Å². The predicted molar refractivity (Wildman–Crippen MR) is 148 cm³/mol. The van der Waals surface area contributed by atoms with Crippen LogP contribution < -0.4 is 15.0 Å². The number of fused-ring (bicyclic) bond motifs is 1. The molecule has 0 bridgehead atoms. The van der Waals surface area contributed by atoms with Crippen molar-refractivity contribution in [2.24, 2.45) is 5.10 Å². The highest BCUT2D eigenvalue weighted by atomic mass is 79.9. The second-order valence-electron chi connectivity index (χ2n) is 8.85. The lowest BCUT2D eigenvalue weighted by atomic mass is 9.95. The SMILES string of the molecule is CCOC(=O)[C@H](C)Oc1c(OC)cc(C=Nn2c(C(C)(C)C)nc3ccc(Br)cc3c2=O)c(Br)c1Cl. The Hall–Kier alpha value is -2.43. The van der Waals surface area contributed by atoms with E-state index < -0.39 is 17.5 Å². The van der Waals surface area contributed by atoms with Gasteiger partial charge in [0, 0.05) is 19.9 Å². The fourth-order valence-corrected chi connectivity index (χ4v) is 4.31. The van der Waals surface area contributed by atoms with Crippen molar-refractivity contribution in [3.8, 4) is 11.5 Å². The number of methoxy groups -OCH3 is 1. The van der Waals surface area contributed by atoms with E-state index in [1.807, 2.05) is 26.8 Å². The van der Waals surface area contributed by atoms with Gasteiger partial charge >= 0.3 is 5.97 Å². The highest BCUT2D eigenvalue weighted by Gasteiger charge is 2.25. The Labute approximate surface area is 230 Å². The summed E-state index contributed by atoms with van der Waals surface area (Å²) in [5, 5.41) is 5.09. The first-order valence-corrected chi connectivity index (χ1v) is 13.0. The Morgan fingerprint density at radius 1 is 1.28 bits per heavy atom. The Balaban J connectivity index is 2.12. The topological polar surface area (TPSA) is 92.0 Å². The molecule has 0 aliphatic rings. The van der Waals surface area contributed by atoms with Crippen LogP contribution in [0.1, 0.15) is 46.0 Å². The number of carbonyl (C=O) groups excluding carboxylic acids is 1. The summed E-state index contributed by atoms with van der Waals surface area (Å²) < 4.78 is 18.7. The summed E-state index contributed by atoms with van der Waals surface area (Å²) in [7, 11) is 1.45. The maximum absolute atomic E-state index is 13.4. The van der Waals surface area contributed by atoms with E-state index in [9.17, 15) is 9.59 Å². The van der Waals surface area contributed by atoms with Crippen LogP contribution in [0.15, 0.2) is 43.1 Å². The van der Waals surface area contributed by atoms with Gasteiger partial charge in [-0.1, -0.05) is 48.3 Å². The van der Waals surface area contributed by atoms with Gasteiger partial charge in [-0.25, -0.2) is 9.78 Å². The van der Waals surface area contributed by atoms with Crippen molar-refractivity contribution < 1.29 is 19.0 Å². The van der Waals surface area contributed by atoms with E-state index in [4.69, 9.17) is 30.8 Å². The van der Waals surface area contributed by atoms with Crippen molar-refractivity contribution in [2.75, 3.05) is 13.7 Å². The molecule has 0 unspecified atom stereocenters. The molecule has 192 valence electrons. The van der Waals surface area contributed by atoms with Gasteiger partial charge in [-0.3, -0.25) is 4.79 Å². The lowest BCUT2D eigenvalue weighted by molar-refractivity contribution is -0.150. The molecule has 3 aromatic rings. The highest BCUT2D eigenvalue weighted by Crippen LogP contribution is 2.42. The standard InChI is InChI=1S/C25H26Br2ClN3O5/c1-7-35-23(33)13(2)36-21-18(34-6)10-14(19(27)20(21)28)12-29-31-22(32)16-11-15(26)8-9-17(16)30-24(31)25(3,4)5/h8-13H,7H2,1-6H3/t13-/m0/s1. The van der Waals surface area contributed by atoms with Gasteiger partial charge in [-0.05, 0) is 54.0 Å². The van der Waals surface area contributed by atoms with Crippen LogP contribution in [0.25, 0.3) is 10.9 Å².